The number of pyridine rings is 1. The third-order valence-electron chi connectivity index (χ3n) is 4.44. The quantitative estimate of drug-likeness (QED) is 0.430. The molecule has 1 aliphatic carbocycles. The topological polar surface area (TPSA) is 111 Å². The number of benzene rings is 1. The minimum absolute atomic E-state index is 0.544. The Hall–Kier alpha value is -3.67. The molecule has 6 nitrogen and oxygen atoms in total. The third kappa shape index (κ3) is 4.94. The van der Waals surface area contributed by atoms with Crippen molar-refractivity contribution in [2.45, 2.75) is 18.9 Å². The second kappa shape index (κ2) is 9.32. The molecular weight excluding hydrogens is 348 g/mol. The van der Waals surface area contributed by atoms with Crippen LogP contribution in [0, 0.1) is 10.8 Å². The molecule has 0 aliphatic heterocycles. The summed E-state index contributed by atoms with van der Waals surface area (Å²) < 4.78 is 0. The number of nitrogens with two attached hydrogens (primary N) is 1. The molecule has 1 aromatic heterocycles. The van der Waals surface area contributed by atoms with E-state index in [1.54, 1.807) is 12.4 Å². The predicted octanol–water partition coefficient (Wildman–Crippen LogP) is 3.86. The summed E-state index contributed by atoms with van der Waals surface area (Å²) in [5.74, 6) is 0. The van der Waals surface area contributed by atoms with E-state index in [1.165, 1.54) is 31.5 Å². The fourth-order valence-corrected chi connectivity index (χ4v) is 2.67. The monoisotopic (exact) mass is 372 g/mol. The summed E-state index contributed by atoms with van der Waals surface area (Å²) in [7, 11) is 0. The van der Waals surface area contributed by atoms with Crippen LogP contribution in [-0.2, 0) is 0 Å². The fourth-order valence-electron chi connectivity index (χ4n) is 2.67. The fraction of sp³-hybridized carbons (Fsp3) is 0.136. The number of hydrogen-bond acceptors (Lipinski definition) is 6. The highest BCUT2D eigenvalue weighted by Crippen LogP contribution is 2.22. The highest BCUT2D eigenvalue weighted by molar-refractivity contribution is 6.09. The normalized spacial score (nSPS) is 14.7. The smallest absolute Gasteiger partial charge is 0.0380 e. The number of aromatic nitrogens is 1. The Morgan fingerprint density at radius 2 is 1.82 bits per heavy atom. The van der Waals surface area contributed by atoms with Gasteiger partial charge in [0.05, 0.1) is 0 Å². The summed E-state index contributed by atoms with van der Waals surface area (Å²) in [6.07, 6.45) is 15.6. The van der Waals surface area contributed by atoms with Crippen molar-refractivity contribution in [3.05, 3.63) is 78.0 Å². The van der Waals surface area contributed by atoms with Crippen molar-refractivity contribution >= 4 is 35.3 Å². The van der Waals surface area contributed by atoms with Crippen LogP contribution in [0.2, 0.25) is 0 Å². The van der Waals surface area contributed by atoms with Gasteiger partial charge < -0.3 is 27.2 Å². The number of hydrogen-bond donors (Lipinski definition) is 5. The lowest BCUT2D eigenvalue weighted by Crippen LogP contribution is -2.08. The van der Waals surface area contributed by atoms with Gasteiger partial charge in [-0.25, -0.2) is 0 Å². The van der Waals surface area contributed by atoms with Crippen molar-refractivity contribution < 1.29 is 0 Å². The summed E-state index contributed by atoms with van der Waals surface area (Å²) in [4.78, 5) is 4.20. The van der Waals surface area contributed by atoms with Crippen LogP contribution in [0.25, 0.3) is 17.2 Å². The van der Waals surface area contributed by atoms with E-state index in [1.807, 2.05) is 48.8 Å². The van der Waals surface area contributed by atoms with E-state index in [9.17, 15) is 0 Å². The van der Waals surface area contributed by atoms with Gasteiger partial charge in [0.15, 0.2) is 0 Å². The molecule has 28 heavy (non-hydrogen) atoms. The molecule has 0 amide bonds. The maximum atomic E-state index is 7.73. The van der Waals surface area contributed by atoms with Gasteiger partial charge in [0.25, 0.3) is 0 Å². The lowest BCUT2D eigenvalue weighted by Gasteiger charge is -2.08. The van der Waals surface area contributed by atoms with Crippen LogP contribution in [0.3, 0.4) is 0 Å². The van der Waals surface area contributed by atoms with Crippen LogP contribution < -0.4 is 16.4 Å². The van der Waals surface area contributed by atoms with E-state index >= 15 is 0 Å². The number of allylic oxidation sites excluding steroid dienone is 2. The molecule has 0 atom stereocenters. The van der Waals surface area contributed by atoms with E-state index in [-0.39, 0.29) is 0 Å². The van der Waals surface area contributed by atoms with E-state index in [4.69, 9.17) is 16.6 Å². The van der Waals surface area contributed by atoms with Gasteiger partial charge in [-0.2, -0.15) is 0 Å². The van der Waals surface area contributed by atoms with Crippen molar-refractivity contribution in [3.63, 3.8) is 0 Å². The van der Waals surface area contributed by atoms with Crippen LogP contribution in [-0.4, -0.2) is 23.5 Å². The van der Waals surface area contributed by atoms with Gasteiger partial charge in [-0.15, -0.1) is 0 Å². The van der Waals surface area contributed by atoms with Gasteiger partial charge >= 0.3 is 0 Å². The van der Waals surface area contributed by atoms with Crippen LogP contribution in [0.1, 0.15) is 29.5 Å². The first-order valence-electron chi connectivity index (χ1n) is 9.12. The largest absolute Gasteiger partial charge is 0.404 e. The summed E-state index contributed by atoms with van der Waals surface area (Å²) in [5, 5.41) is 21.7. The van der Waals surface area contributed by atoms with Crippen LogP contribution >= 0.6 is 0 Å². The molecule has 6 heteroatoms. The lowest BCUT2D eigenvalue weighted by molar-refractivity contribution is 0.865. The van der Waals surface area contributed by atoms with Gasteiger partial charge in [-0.05, 0) is 48.2 Å². The summed E-state index contributed by atoms with van der Waals surface area (Å²) in [6, 6.07) is 10.1. The highest BCUT2D eigenvalue weighted by atomic mass is 14.9. The van der Waals surface area contributed by atoms with Gasteiger partial charge in [0.1, 0.15) is 0 Å². The Labute approximate surface area is 164 Å². The van der Waals surface area contributed by atoms with E-state index in [0.717, 1.165) is 28.0 Å². The maximum Gasteiger partial charge on any atom is 0.0380 e. The number of anilines is 1. The zero-order chi connectivity index (χ0) is 19.8. The molecule has 3 rings (SSSR count). The molecule has 0 saturated heterocycles. The molecular formula is C22H24N6. The molecule has 142 valence electrons. The number of nitrogens with one attached hydrogen (secondary N) is 4. The zero-order valence-electron chi connectivity index (χ0n) is 15.5. The van der Waals surface area contributed by atoms with Crippen LogP contribution in [0.5, 0.6) is 0 Å². The summed E-state index contributed by atoms with van der Waals surface area (Å²) >= 11 is 0. The Bertz CT molecular complexity index is 920. The Kier molecular flexibility index (Phi) is 6.36. The molecule has 1 aromatic carbocycles. The van der Waals surface area contributed by atoms with Crippen molar-refractivity contribution in [1.82, 2.24) is 10.3 Å². The molecule has 2 aromatic rings. The minimum atomic E-state index is 0.544. The SMILES string of the molecule is N=C/C(=C\N)c1ccc(N/C=C/c2cnccc2/C(C=N)=C/NC2CC2)cc1. The molecule has 0 radical (unpaired) electrons. The molecule has 1 fully saturated rings. The molecule has 6 N–H and O–H groups in total. The van der Waals surface area contributed by atoms with Crippen LogP contribution in [0.15, 0.2) is 61.3 Å². The van der Waals surface area contributed by atoms with Gasteiger partial charge in [0, 0.05) is 71.9 Å². The summed E-state index contributed by atoms with van der Waals surface area (Å²) in [6.45, 7) is 0. The maximum absolute atomic E-state index is 7.73. The van der Waals surface area contributed by atoms with Crippen molar-refractivity contribution in [3.8, 4) is 0 Å². The molecule has 1 aliphatic rings. The zero-order valence-corrected chi connectivity index (χ0v) is 15.5. The van der Waals surface area contributed by atoms with E-state index in [0.29, 0.717) is 11.6 Å². The van der Waals surface area contributed by atoms with Crippen molar-refractivity contribution in [1.29, 1.82) is 10.8 Å². The van der Waals surface area contributed by atoms with Crippen molar-refractivity contribution in [2.24, 2.45) is 5.73 Å². The first-order chi connectivity index (χ1) is 13.7. The molecule has 1 heterocycles. The first kappa shape index (κ1) is 19.1. The average Bonchev–Trinajstić information content (AvgIpc) is 3.56. The average molecular weight is 372 g/mol. The second-order valence-electron chi connectivity index (χ2n) is 6.47. The molecule has 1 saturated carbocycles. The van der Waals surface area contributed by atoms with E-state index < -0.39 is 0 Å². The molecule has 0 spiro atoms. The first-order valence-corrected chi connectivity index (χ1v) is 9.12. The van der Waals surface area contributed by atoms with E-state index in [2.05, 4.69) is 15.6 Å². The van der Waals surface area contributed by atoms with Gasteiger partial charge in [-0.1, -0.05) is 12.1 Å². The number of nitrogens with zero attached hydrogens (tertiary/aromatic N) is 1. The number of rotatable bonds is 9. The predicted molar refractivity (Wildman–Crippen MR) is 117 cm³/mol. The molecule has 0 unspecified atom stereocenters. The minimum Gasteiger partial charge on any atom is -0.404 e. The Morgan fingerprint density at radius 1 is 1.07 bits per heavy atom. The lowest BCUT2D eigenvalue weighted by atomic mass is 10.0. The third-order valence-corrected chi connectivity index (χ3v) is 4.44. The van der Waals surface area contributed by atoms with Gasteiger partial charge in [0.2, 0.25) is 0 Å². The van der Waals surface area contributed by atoms with Crippen molar-refractivity contribution in [2.75, 3.05) is 5.32 Å². The Morgan fingerprint density at radius 3 is 2.46 bits per heavy atom. The highest BCUT2D eigenvalue weighted by Gasteiger charge is 2.19. The Balaban J connectivity index is 1.71. The second-order valence-corrected chi connectivity index (χ2v) is 6.47. The standard InChI is InChI=1S/C22H24N6/c23-11-18(12-24)16-1-3-20(4-2-16)27-10-7-17-14-26-9-8-22(17)19(13-25)15-28-21-5-6-21/h1-4,7-15,21,23,25,27-28H,5-6,24H2/b10-7+,18-12+,19-15+,23-11?,25-13?. The van der Waals surface area contributed by atoms with Crippen LogP contribution in [0.4, 0.5) is 5.69 Å². The van der Waals surface area contributed by atoms with Gasteiger partial charge in [-0.3, -0.25) is 4.98 Å². The summed E-state index contributed by atoms with van der Waals surface area (Å²) in [5.41, 5.74) is 10.7. The molecule has 0 bridgehead atoms.